The van der Waals surface area contributed by atoms with Gasteiger partial charge in [0.25, 0.3) is 0 Å². The molecule has 3 aromatic heterocycles. The quantitative estimate of drug-likeness (QED) is 0.387. The standard InChI is InChI=1S/C20H16Cl2N6OS/c21-11-7-15(22)18(24-8-11)25-17(29)10-30-20-27-26-19(28(20)12-5-6-12)14-9-23-16-4-2-1-3-13(14)16/h1-4,7-9,12,23H,5-6,10H2,(H,24,25,29). The Morgan fingerprint density at radius 3 is 2.90 bits per heavy atom. The van der Waals surface area contributed by atoms with Crippen LogP contribution in [0.1, 0.15) is 18.9 Å². The molecule has 30 heavy (non-hydrogen) atoms. The molecule has 0 bridgehead atoms. The Balaban J connectivity index is 1.36. The first-order valence-corrected chi connectivity index (χ1v) is 11.1. The predicted molar refractivity (Wildman–Crippen MR) is 119 cm³/mol. The van der Waals surface area contributed by atoms with Gasteiger partial charge in [-0.25, -0.2) is 4.98 Å². The summed E-state index contributed by atoms with van der Waals surface area (Å²) in [5.41, 5.74) is 2.07. The number of anilines is 1. The van der Waals surface area contributed by atoms with E-state index in [1.54, 1.807) is 0 Å². The highest BCUT2D eigenvalue weighted by Gasteiger charge is 2.31. The van der Waals surface area contributed by atoms with Gasteiger partial charge < -0.3 is 10.3 Å². The van der Waals surface area contributed by atoms with Gasteiger partial charge in [-0.3, -0.25) is 9.36 Å². The van der Waals surface area contributed by atoms with Crippen molar-refractivity contribution in [2.24, 2.45) is 0 Å². The zero-order chi connectivity index (χ0) is 20.7. The van der Waals surface area contributed by atoms with Gasteiger partial charge in [0.05, 0.1) is 15.8 Å². The molecule has 1 amide bonds. The molecule has 1 saturated carbocycles. The number of nitrogens with zero attached hydrogens (tertiary/aromatic N) is 4. The summed E-state index contributed by atoms with van der Waals surface area (Å²) in [5, 5.41) is 14.1. The van der Waals surface area contributed by atoms with E-state index in [2.05, 4.69) is 36.1 Å². The van der Waals surface area contributed by atoms with E-state index in [-0.39, 0.29) is 17.5 Å². The van der Waals surface area contributed by atoms with Gasteiger partial charge in [0.1, 0.15) is 0 Å². The van der Waals surface area contributed by atoms with Crippen molar-refractivity contribution in [3.63, 3.8) is 0 Å². The fourth-order valence-corrected chi connectivity index (χ4v) is 4.52. The number of pyridine rings is 1. The number of aromatic nitrogens is 5. The number of hydrogen-bond acceptors (Lipinski definition) is 5. The number of hydrogen-bond donors (Lipinski definition) is 2. The molecule has 0 atom stereocenters. The third-order valence-corrected chi connectivity index (χ3v) is 6.24. The summed E-state index contributed by atoms with van der Waals surface area (Å²) in [6, 6.07) is 10.0. The van der Waals surface area contributed by atoms with Gasteiger partial charge in [-0.1, -0.05) is 53.2 Å². The van der Waals surface area contributed by atoms with Crippen molar-refractivity contribution in [1.82, 2.24) is 24.7 Å². The first kappa shape index (κ1) is 19.4. The molecule has 152 valence electrons. The molecule has 2 N–H and O–H groups in total. The monoisotopic (exact) mass is 458 g/mol. The summed E-state index contributed by atoms with van der Waals surface area (Å²) in [4.78, 5) is 19.7. The molecule has 0 radical (unpaired) electrons. The zero-order valence-electron chi connectivity index (χ0n) is 15.6. The number of H-pyrrole nitrogens is 1. The summed E-state index contributed by atoms with van der Waals surface area (Å²) < 4.78 is 2.14. The minimum Gasteiger partial charge on any atom is -0.360 e. The van der Waals surface area contributed by atoms with Crippen LogP contribution in [0.4, 0.5) is 5.82 Å². The maximum atomic E-state index is 12.4. The molecule has 7 nitrogen and oxygen atoms in total. The topological polar surface area (TPSA) is 88.5 Å². The van der Waals surface area contributed by atoms with Crippen molar-refractivity contribution < 1.29 is 4.79 Å². The summed E-state index contributed by atoms with van der Waals surface area (Å²) in [7, 11) is 0. The molecule has 0 unspecified atom stereocenters. The van der Waals surface area contributed by atoms with Crippen molar-refractivity contribution in [1.29, 1.82) is 0 Å². The summed E-state index contributed by atoms with van der Waals surface area (Å²) in [5.74, 6) is 1.05. The Morgan fingerprint density at radius 2 is 2.10 bits per heavy atom. The highest BCUT2D eigenvalue weighted by atomic mass is 35.5. The minimum atomic E-state index is -0.226. The number of rotatable bonds is 6. The van der Waals surface area contributed by atoms with E-state index in [1.807, 2.05) is 24.4 Å². The van der Waals surface area contributed by atoms with E-state index in [4.69, 9.17) is 23.2 Å². The number of halogens is 2. The molecular formula is C20H16Cl2N6OS. The lowest BCUT2D eigenvalue weighted by Gasteiger charge is -2.09. The maximum absolute atomic E-state index is 12.4. The van der Waals surface area contributed by atoms with Gasteiger partial charge in [0.15, 0.2) is 16.8 Å². The van der Waals surface area contributed by atoms with Crippen LogP contribution in [-0.2, 0) is 4.79 Å². The molecule has 1 fully saturated rings. The lowest BCUT2D eigenvalue weighted by Crippen LogP contribution is -2.16. The lowest BCUT2D eigenvalue weighted by molar-refractivity contribution is -0.113. The Bertz CT molecular complexity index is 1250. The molecule has 0 saturated heterocycles. The van der Waals surface area contributed by atoms with E-state index in [0.717, 1.165) is 40.3 Å². The second-order valence-corrected chi connectivity index (χ2v) is 8.76. The van der Waals surface area contributed by atoms with Crippen molar-refractivity contribution in [2.45, 2.75) is 24.0 Å². The first-order chi connectivity index (χ1) is 14.6. The Hall–Kier alpha value is -2.55. The number of fused-ring (bicyclic) bond motifs is 1. The van der Waals surface area contributed by atoms with Gasteiger partial charge in [-0.15, -0.1) is 10.2 Å². The minimum absolute atomic E-state index is 0.166. The number of carbonyl (C=O) groups excluding carboxylic acids is 1. The molecule has 10 heteroatoms. The number of carbonyl (C=O) groups is 1. The van der Waals surface area contributed by atoms with Gasteiger partial charge >= 0.3 is 0 Å². The average molecular weight is 459 g/mol. The zero-order valence-corrected chi connectivity index (χ0v) is 17.9. The maximum Gasteiger partial charge on any atom is 0.236 e. The van der Waals surface area contributed by atoms with E-state index in [9.17, 15) is 4.79 Å². The van der Waals surface area contributed by atoms with E-state index < -0.39 is 0 Å². The van der Waals surface area contributed by atoms with Crippen LogP contribution in [-0.4, -0.2) is 36.4 Å². The van der Waals surface area contributed by atoms with Crippen molar-refractivity contribution in [3.05, 3.63) is 52.8 Å². The number of para-hydroxylation sites is 1. The lowest BCUT2D eigenvalue weighted by atomic mass is 10.1. The Kier molecular flexibility index (Phi) is 5.14. The molecule has 1 aliphatic rings. The molecule has 1 aliphatic carbocycles. The van der Waals surface area contributed by atoms with E-state index in [0.29, 0.717) is 16.1 Å². The van der Waals surface area contributed by atoms with Crippen LogP contribution in [0, 0.1) is 0 Å². The number of thioether (sulfide) groups is 1. The fourth-order valence-electron chi connectivity index (χ4n) is 3.28. The molecule has 4 aromatic rings. The number of nitrogens with one attached hydrogen (secondary N) is 2. The summed E-state index contributed by atoms with van der Waals surface area (Å²) in [6.45, 7) is 0. The van der Waals surface area contributed by atoms with Crippen molar-refractivity contribution in [3.8, 4) is 11.4 Å². The second-order valence-electron chi connectivity index (χ2n) is 6.98. The van der Waals surface area contributed by atoms with Gasteiger partial charge in [-0.2, -0.15) is 0 Å². The van der Waals surface area contributed by atoms with E-state index in [1.165, 1.54) is 24.0 Å². The van der Waals surface area contributed by atoms with Crippen LogP contribution in [0.15, 0.2) is 47.9 Å². The highest BCUT2D eigenvalue weighted by molar-refractivity contribution is 7.99. The fraction of sp³-hybridized carbons (Fsp3) is 0.200. The largest absolute Gasteiger partial charge is 0.360 e. The van der Waals surface area contributed by atoms with Gasteiger partial charge in [0, 0.05) is 34.9 Å². The average Bonchev–Trinajstić information content (AvgIpc) is 3.34. The van der Waals surface area contributed by atoms with Crippen LogP contribution in [0.3, 0.4) is 0 Å². The summed E-state index contributed by atoms with van der Waals surface area (Å²) in [6.07, 6.45) is 5.56. The van der Waals surface area contributed by atoms with Crippen LogP contribution in [0.25, 0.3) is 22.3 Å². The first-order valence-electron chi connectivity index (χ1n) is 9.35. The molecule has 1 aromatic carbocycles. The van der Waals surface area contributed by atoms with Gasteiger partial charge in [-0.05, 0) is 25.0 Å². The highest BCUT2D eigenvalue weighted by Crippen LogP contribution is 2.42. The molecule has 5 rings (SSSR count). The normalized spacial score (nSPS) is 13.7. The smallest absolute Gasteiger partial charge is 0.236 e. The third kappa shape index (κ3) is 3.78. The third-order valence-electron chi connectivity index (χ3n) is 4.80. The Labute approximate surface area is 186 Å². The molecule has 0 aliphatic heterocycles. The molecule has 0 spiro atoms. The molecule has 3 heterocycles. The van der Waals surface area contributed by atoms with Crippen LogP contribution in [0.5, 0.6) is 0 Å². The number of benzene rings is 1. The van der Waals surface area contributed by atoms with Crippen molar-refractivity contribution in [2.75, 3.05) is 11.1 Å². The summed E-state index contributed by atoms with van der Waals surface area (Å²) >= 11 is 13.3. The second kappa shape index (κ2) is 7.94. The van der Waals surface area contributed by atoms with Crippen LogP contribution >= 0.6 is 35.0 Å². The van der Waals surface area contributed by atoms with Crippen LogP contribution in [0.2, 0.25) is 10.0 Å². The SMILES string of the molecule is O=C(CSc1nnc(-c2c[nH]c3ccccc23)n1C1CC1)Nc1ncc(Cl)cc1Cl. The van der Waals surface area contributed by atoms with Crippen molar-refractivity contribution >= 4 is 57.6 Å². The predicted octanol–water partition coefficient (Wildman–Crippen LogP) is 5.19. The van der Waals surface area contributed by atoms with E-state index >= 15 is 0 Å². The van der Waals surface area contributed by atoms with Crippen LogP contribution < -0.4 is 5.32 Å². The molecular weight excluding hydrogens is 443 g/mol. The van der Waals surface area contributed by atoms with Gasteiger partial charge in [0.2, 0.25) is 5.91 Å². The number of amides is 1. The Morgan fingerprint density at radius 1 is 1.27 bits per heavy atom. The number of aromatic amines is 1.